The largest absolute Gasteiger partial charge is 0.452 e. The van der Waals surface area contributed by atoms with E-state index in [2.05, 4.69) is 15.9 Å². The van der Waals surface area contributed by atoms with Crippen molar-refractivity contribution in [3.05, 3.63) is 62.4 Å². The third-order valence-corrected chi connectivity index (χ3v) is 3.64. The summed E-state index contributed by atoms with van der Waals surface area (Å²) in [6.45, 7) is 1.70. The molecule has 0 unspecified atom stereocenters. The second kappa shape index (κ2) is 6.19. The molecule has 0 radical (unpaired) electrons. The van der Waals surface area contributed by atoms with Gasteiger partial charge in [-0.25, -0.2) is 4.39 Å². The highest BCUT2D eigenvalue weighted by atomic mass is 79.9. The Bertz CT molecular complexity index is 692. The molecule has 2 N–H and O–H groups in total. The lowest BCUT2D eigenvalue weighted by Gasteiger charge is -2.15. The predicted octanol–water partition coefficient (Wildman–Crippen LogP) is 4.31. The van der Waals surface area contributed by atoms with E-state index in [9.17, 15) is 14.5 Å². The van der Waals surface area contributed by atoms with E-state index in [-0.39, 0.29) is 21.7 Å². The second-order valence-electron chi connectivity index (χ2n) is 4.40. The van der Waals surface area contributed by atoms with Crippen LogP contribution in [-0.4, -0.2) is 4.92 Å². The number of nitro benzene ring substituents is 1. The van der Waals surface area contributed by atoms with E-state index in [1.54, 1.807) is 13.0 Å². The second-order valence-corrected chi connectivity index (χ2v) is 5.19. The molecule has 0 aliphatic carbocycles. The number of hydrogen-bond donors (Lipinski definition) is 1. The summed E-state index contributed by atoms with van der Waals surface area (Å²) < 4.78 is 19.6. The Labute approximate surface area is 128 Å². The van der Waals surface area contributed by atoms with Crippen LogP contribution in [0.25, 0.3) is 0 Å². The lowest BCUT2D eigenvalue weighted by molar-refractivity contribution is -0.385. The van der Waals surface area contributed by atoms with Crippen molar-refractivity contribution in [1.29, 1.82) is 0 Å². The molecule has 2 aromatic rings. The van der Waals surface area contributed by atoms with Gasteiger partial charge < -0.3 is 10.5 Å². The zero-order valence-electron chi connectivity index (χ0n) is 11.0. The fraction of sp³-hybridized carbons (Fsp3) is 0.143. The van der Waals surface area contributed by atoms with Crippen LogP contribution in [0.5, 0.6) is 11.5 Å². The number of hydrogen-bond acceptors (Lipinski definition) is 4. The molecular weight excluding hydrogens is 343 g/mol. The molecule has 0 bridgehead atoms. The maximum atomic E-state index is 14.0. The Kier molecular flexibility index (Phi) is 4.54. The van der Waals surface area contributed by atoms with Gasteiger partial charge in [0.05, 0.1) is 4.92 Å². The summed E-state index contributed by atoms with van der Waals surface area (Å²) >= 11 is 3.11. The van der Waals surface area contributed by atoms with Crippen LogP contribution in [-0.2, 0) is 0 Å². The summed E-state index contributed by atoms with van der Waals surface area (Å²) in [5.74, 6) is -0.465. The number of halogens is 2. The average molecular weight is 355 g/mol. The van der Waals surface area contributed by atoms with Gasteiger partial charge in [-0.05, 0) is 35.0 Å². The van der Waals surface area contributed by atoms with Crippen molar-refractivity contribution in [3.8, 4) is 11.5 Å². The minimum Gasteiger partial charge on any atom is -0.452 e. The summed E-state index contributed by atoms with van der Waals surface area (Å²) in [5, 5.41) is 10.9. The van der Waals surface area contributed by atoms with Gasteiger partial charge in [0.1, 0.15) is 10.2 Å². The molecule has 0 aromatic heterocycles. The molecule has 0 aliphatic heterocycles. The van der Waals surface area contributed by atoms with E-state index in [4.69, 9.17) is 10.5 Å². The molecule has 0 spiro atoms. The highest BCUT2D eigenvalue weighted by molar-refractivity contribution is 9.10. The predicted molar refractivity (Wildman–Crippen MR) is 79.9 cm³/mol. The molecule has 0 saturated carbocycles. The molecule has 2 aromatic carbocycles. The van der Waals surface area contributed by atoms with Gasteiger partial charge in [-0.15, -0.1) is 0 Å². The molecule has 2 rings (SSSR count). The topological polar surface area (TPSA) is 78.4 Å². The van der Waals surface area contributed by atoms with Crippen molar-refractivity contribution in [2.45, 2.75) is 13.0 Å². The zero-order valence-corrected chi connectivity index (χ0v) is 12.6. The maximum absolute atomic E-state index is 14.0. The van der Waals surface area contributed by atoms with Crippen LogP contribution in [0.2, 0.25) is 0 Å². The third kappa shape index (κ3) is 3.20. The lowest BCUT2D eigenvalue weighted by Crippen LogP contribution is -2.08. The summed E-state index contributed by atoms with van der Waals surface area (Å²) in [5.41, 5.74) is 6.11. The fourth-order valence-electron chi connectivity index (χ4n) is 1.82. The van der Waals surface area contributed by atoms with Crippen LogP contribution in [0.4, 0.5) is 10.1 Å². The van der Waals surface area contributed by atoms with Crippen LogP contribution in [0.1, 0.15) is 18.5 Å². The van der Waals surface area contributed by atoms with Gasteiger partial charge in [0.15, 0.2) is 11.6 Å². The van der Waals surface area contributed by atoms with Gasteiger partial charge in [0, 0.05) is 17.7 Å². The van der Waals surface area contributed by atoms with E-state index in [1.807, 2.05) is 0 Å². The highest BCUT2D eigenvalue weighted by Gasteiger charge is 2.19. The number of para-hydroxylation sites is 1. The molecule has 1 atom stereocenters. The normalized spacial score (nSPS) is 12.0. The van der Waals surface area contributed by atoms with Crippen LogP contribution in [0.15, 0.2) is 40.9 Å². The first-order chi connectivity index (χ1) is 9.91. The molecule has 0 heterocycles. The van der Waals surface area contributed by atoms with Gasteiger partial charge in [-0.1, -0.05) is 18.2 Å². The number of rotatable bonds is 4. The highest BCUT2D eigenvalue weighted by Crippen LogP contribution is 2.39. The van der Waals surface area contributed by atoms with Gasteiger partial charge >= 0.3 is 0 Å². The Morgan fingerprint density at radius 2 is 2.00 bits per heavy atom. The summed E-state index contributed by atoms with van der Waals surface area (Å²) in [6, 6.07) is 8.28. The van der Waals surface area contributed by atoms with Crippen molar-refractivity contribution in [2.75, 3.05) is 0 Å². The fourth-order valence-corrected chi connectivity index (χ4v) is 2.31. The molecule has 110 valence electrons. The Balaban J connectivity index is 2.49. The van der Waals surface area contributed by atoms with Crippen LogP contribution >= 0.6 is 15.9 Å². The van der Waals surface area contributed by atoms with E-state index in [1.165, 1.54) is 30.3 Å². The van der Waals surface area contributed by atoms with E-state index >= 15 is 0 Å². The average Bonchev–Trinajstić information content (AvgIpc) is 2.42. The summed E-state index contributed by atoms with van der Waals surface area (Å²) in [7, 11) is 0. The minimum absolute atomic E-state index is 0.0336. The number of ether oxygens (including phenoxy) is 1. The first-order valence-corrected chi connectivity index (χ1v) is 6.86. The quantitative estimate of drug-likeness (QED) is 0.655. The zero-order chi connectivity index (χ0) is 15.6. The Morgan fingerprint density at radius 3 is 2.62 bits per heavy atom. The third-order valence-electron chi connectivity index (χ3n) is 2.84. The maximum Gasteiger partial charge on any atom is 0.287 e. The molecule has 7 heteroatoms. The minimum atomic E-state index is -0.580. The van der Waals surface area contributed by atoms with Crippen molar-refractivity contribution in [3.63, 3.8) is 0 Å². The van der Waals surface area contributed by atoms with Crippen molar-refractivity contribution in [2.24, 2.45) is 5.73 Å². The van der Waals surface area contributed by atoms with Gasteiger partial charge in [0.25, 0.3) is 5.69 Å². The standard InChI is InChI=1S/C14H12BrFN2O3/c1-8(17)9-4-2-5-10(16)14(9)21-12-7-3-6-11(13(12)15)18(19)20/h2-8H,17H2,1H3/t8-/m1/s1. The SMILES string of the molecule is C[C@@H](N)c1cccc(F)c1Oc1cccc([N+](=O)[O-])c1Br. The van der Waals surface area contributed by atoms with Crippen LogP contribution < -0.4 is 10.5 Å². The van der Waals surface area contributed by atoms with Crippen LogP contribution in [0.3, 0.4) is 0 Å². The van der Waals surface area contributed by atoms with Crippen molar-refractivity contribution in [1.82, 2.24) is 0 Å². The molecule has 5 nitrogen and oxygen atoms in total. The first-order valence-electron chi connectivity index (χ1n) is 6.06. The summed E-state index contributed by atoms with van der Waals surface area (Å²) in [4.78, 5) is 10.3. The van der Waals surface area contributed by atoms with E-state index < -0.39 is 16.8 Å². The van der Waals surface area contributed by atoms with Crippen molar-refractivity contribution >= 4 is 21.6 Å². The molecule has 0 aliphatic rings. The number of benzene rings is 2. The van der Waals surface area contributed by atoms with Gasteiger partial charge in [-0.3, -0.25) is 10.1 Å². The lowest BCUT2D eigenvalue weighted by atomic mass is 10.1. The molecule has 0 saturated heterocycles. The van der Waals surface area contributed by atoms with E-state index in [0.717, 1.165) is 0 Å². The van der Waals surface area contributed by atoms with E-state index in [0.29, 0.717) is 5.56 Å². The Morgan fingerprint density at radius 1 is 1.33 bits per heavy atom. The smallest absolute Gasteiger partial charge is 0.287 e. The number of nitrogens with zero attached hydrogens (tertiary/aromatic N) is 1. The molecular formula is C14H12BrFN2O3. The van der Waals surface area contributed by atoms with Crippen LogP contribution in [0, 0.1) is 15.9 Å². The van der Waals surface area contributed by atoms with Gasteiger partial charge in [0.2, 0.25) is 0 Å². The molecule has 0 amide bonds. The number of nitro groups is 1. The monoisotopic (exact) mass is 354 g/mol. The summed E-state index contributed by atoms with van der Waals surface area (Å²) in [6.07, 6.45) is 0. The van der Waals surface area contributed by atoms with Gasteiger partial charge in [-0.2, -0.15) is 0 Å². The molecule has 21 heavy (non-hydrogen) atoms. The Hall–Kier alpha value is -1.99. The van der Waals surface area contributed by atoms with Crippen molar-refractivity contribution < 1.29 is 14.1 Å². The first kappa shape index (κ1) is 15.4. The molecule has 0 fully saturated rings. The number of nitrogens with two attached hydrogens (primary N) is 1.